The fourth-order valence-corrected chi connectivity index (χ4v) is 3.71. The van der Waals surface area contributed by atoms with Gasteiger partial charge >= 0.3 is 0 Å². The summed E-state index contributed by atoms with van der Waals surface area (Å²) in [7, 11) is 0. The normalized spacial score (nSPS) is 22.2. The van der Waals surface area contributed by atoms with Gasteiger partial charge in [0.05, 0.1) is 0 Å². The van der Waals surface area contributed by atoms with Crippen molar-refractivity contribution < 1.29 is 0 Å². The van der Waals surface area contributed by atoms with E-state index in [1.165, 1.54) is 29.5 Å². The van der Waals surface area contributed by atoms with Gasteiger partial charge in [0.2, 0.25) is 0 Å². The van der Waals surface area contributed by atoms with Gasteiger partial charge in [0.25, 0.3) is 0 Å². The Morgan fingerprint density at radius 1 is 1.05 bits per heavy atom. The molecule has 110 valence electrons. The summed E-state index contributed by atoms with van der Waals surface area (Å²) in [5, 5.41) is 3.59. The van der Waals surface area contributed by atoms with Crippen LogP contribution in [0.4, 0.5) is 0 Å². The van der Waals surface area contributed by atoms with E-state index in [-0.39, 0.29) is 0 Å². The Balaban J connectivity index is 1.84. The van der Waals surface area contributed by atoms with Gasteiger partial charge in [-0.1, -0.05) is 54.1 Å². The first-order valence-electron chi connectivity index (χ1n) is 8.06. The average molecular weight is 279 g/mol. The number of hydrogen-bond donors (Lipinski definition) is 1. The van der Waals surface area contributed by atoms with Crippen molar-refractivity contribution in [2.45, 2.75) is 32.6 Å². The summed E-state index contributed by atoms with van der Waals surface area (Å²) < 4.78 is 0. The zero-order chi connectivity index (χ0) is 14.7. The van der Waals surface area contributed by atoms with Gasteiger partial charge in [-0.25, -0.2) is 0 Å². The standard InChI is InChI=1S/C20H25N/c1-15-8-9-19(16(2)12-15)20-10-11-21-14-18(20)13-17-6-4-3-5-7-17/h3-9,12,18,20-21H,10-11,13-14H2,1-2H3. The van der Waals surface area contributed by atoms with Gasteiger partial charge in [0, 0.05) is 0 Å². The van der Waals surface area contributed by atoms with Crippen LogP contribution < -0.4 is 5.32 Å². The monoisotopic (exact) mass is 279 g/mol. The van der Waals surface area contributed by atoms with Crippen LogP contribution in [-0.4, -0.2) is 13.1 Å². The Labute approximate surface area is 128 Å². The molecule has 1 nitrogen and oxygen atoms in total. The maximum Gasteiger partial charge on any atom is -0.00115 e. The summed E-state index contributed by atoms with van der Waals surface area (Å²) in [5.41, 5.74) is 5.84. The summed E-state index contributed by atoms with van der Waals surface area (Å²) in [6.45, 7) is 6.72. The molecular formula is C20H25N. The second kappa shape index (κ2) is 6.44. The highest BCUT2D eigenvalue weighted by Crippen LogP contribution is 2.34. The van der Waals surface area contributed by atoms with Crippen LogP contribution >= 0.6 is 0 Å². The third-order valence-corrected chi connectivity index (χ3v) is 4.77. The molecule has 2 aromatic carbocycles. The zero-order valence-electron chi connectivity index (χ0n) is 13.1. The van der Waals surface area contributed by atoms with Crippen LogP contribution in [0.1, 0.15) is 34.6 Å². The number of rotatable bonds is 3. The summed E-state index contributed by atoms with van der Waals surface area (Å²) in [4.78, 5) is 0. The van der Waals surface area contributed by atoms with Crippen LogP contribution in [0.15, 0.2) is 48.5 Å². The van der Waals surface area contributed by atoms with E-state index >= 15 is 0 Å². The lowest BCUT2D eigenvalue weighted by Gasteiger charge is -2.33. The molecule has 3 rings (SSSR count). The van der Waals surface area contributed by atoms with E-state index in [0.717, 1.165) is 13.1 Å². The minimum atomic E-state index is 0.687. The van der Waals surface area contributed by atoms with Crippen LogP contribution in [0.3, 0.4) is 0 Å². The molecule has 0 aliphatic carbocycles. The highest BCUT2D eigenvalue weighted by molar-refractivity contribution is 5.34. The lowest BCUT2D eigenvalue weighted by Crippen LogP contribution is -2.36. The van der Waals surface area contributed by atoms with Crippen molar-refractivity contribution in [2.24, 2.45) is 5.92 Å². The molecule has 0 radical (unpaired) electrons. The molecule has 0 bridgehead atoms. The van der Waals surface area contributed by atoms with Crippen LogP contribution in [-0.2, 0) is 6.42 Å². The Kier molecular flexibility index (Phi) is 4.40. The summed E-state index contributed by atoms with van der Waals surface area (Å²) in [6, 6.07) is 17.9. The maximum absolute atomic E-state index is 3.59. The third-order valence-electron chi connectivity index (χ3n) is 4.77. The molecule has 1 aliphatic heterocycles. The van der Waals surface area contributed by atoms with Gasteiger partial charge in [0.15, 0.2) is 0 Å². The third kappa shape index (κ3) is 3.36. The van der Waals surface area contributed by atoms with E-state index in [1.807, 2.05) is 0 Å². The van der Waals surface area contributed by atoms with Crippen LogP contribution in [0.2, 0.25) is 0 Å². The van der Waals surface area contributed by atoms with Gasteiger partial charge in [-0.05, 0) is 68.3 Å². The van der Waals surface area contributed by atoms with Gasteiger partial charge in [-0.3, -0.25) is 0 Å². The van der Waals surface area contributed by atoms with E-state index in [4.69, 9.17) is 0 Å². The number of benzene rings is 2. The molecule has 1 fully saturated rings. The lowest BCUT2D eigenvalue weighted by atomic mass is 9.76. The van der Waals surface area contributed by atoms with Crippen molar-refractivity contribution in [1.82, 2.24) is 5.32 Å². The van der Waals surface area contributed by atoms with Gasteiger partial charge in [-0.15, -0.1) is 0 Å². The topological polar surface area (TPSA) is 12.0 Å². The number of hydrogen-bond acceptors (Lipinski definition) is 1. The molecule has 0 saturated carbocycles. The molecule has 2 unspecified atom stereocenters. The zero-order valence-corrected chi connectivity index (χ0v) is 13.1. The first kappa shape index (κ1) is 14.3. The van der Waals surface area contributed by atoms with E-state index < -0.39 is 0 Å². The van der Waals surface area contributed by atoms with E-state index in [0.29, 0.717) is 11.8 Å². The van der Waals surface area contributed by atoms with Crippen LogP contribution in [0.5, 0.6) is 0 Å². The Bertz CT molecular complexity index is 588. The van der Waals surface area contributed by atoms with E-state index in [9.17, 15) is 0 Å². The van der Waals surface area contributed by atoms with Crippen molar-refractivity contribution >= 4 is 0 Å². The first-order valence-corrected chi connectivity index (χ1v) is 8.06. The van der Waals surface area contributed by atoms with Crippen molar-refractivity contribution in [3.05, 3.63) is 70.8 Å². The number of piperidine rings is 1. The summed E-state index contributed by atoms with van der Waals surface area (Å²) >= 11 is 0. The second-order valence-corrected chi connectivity index (χ2v) is 6.41. The molecule has 1 saturated heterocycles. The predicted octanol–water partition coefficient (Wildman–Crippen LogP) is 4.24. The minimum Gasteiger partial charge on any atom is -0.316 e. The molecule has 21 heavy (non-hydrogen) atoms. The summed E-state index contributed by atoms with van der Waals surface area (Å²) in [5.74, 6) is 1.38. The van der Waals surface area contributed by atoms with Crippen molar-refractivity contribution in [3.8, 4) is 0 Å². The Hall–Kier alpha value is -1.60. The predicted molar refractivity (Wildman–Crippen MR) is 89.8 cm³/mol. The van der Waals surface area contributed by atoms with E-state index in [1.54, 1.807) is 5.56 Å². The smallest absolute Gasteiger partial charge is 0.00115 e. The molecule has 2 atom stereocenters. The fraction of sp³-hybridized carbons (Fsp3) is 0.400. The number of nitrogens with one attached hydrogen (secondary N) is 1. The quantitative estimate of drug-likeness (QED) is 0.886. The Morgan fingerprint density at radius 2 is 1.86 bits per heavy atom. The SMILES string of the molecule is Cc1ccc(C2CCNCC2Cc2ccccc2)c(C)c1. The van der Waals surface area contributed by atoms with Gasteiger partial charge in [0.1, 0.15) is 0 Å². The molecule has 2 aromatic rings. The lowest BCUT2D eigenvalue weighted by molar-refractivity contribution is 0.323. The van der Waals surface area contributed by atoms with Crippen LogP contribution in [0, 0.1) is 19.8 Å². The Morgan fingerprint density at radius 3 is 2.62 bits per heavy atom. The molecule has 0 amide bonds. The van der Waals surface area contributed by atoms with Crippen molar-refractivity contribution in [1.29, 1.82) is 0 Å². The highest BCUT2D eigenvalue weighted by Gasteiger charge is 2.27. The first-order chi connectivity index (χ1) is 10.2. The van der Waals surface area contributed by atoms with Crippen molar-refractivity contribution in [2.75, 3.05) is 13.1 Å². The summed E-state index contributed by atoms with van der Waals surface area (Å²) in [6.07, 6.45) is 2.42. The fourth-order valence-electron chi connectivity index (χ4n) is 3.71. The number of aryl methyl sites for hydroxylation is 2. The highest BCUT2D eigenvalue weighted by atomic mass is 14.9. The molecular weight excluding hydrogens is 254 g/mol. The molecule has 1 N–H and O–H groups in total. The molecule has 0 aromatic heterocycles. The van der Waals surface area contributed by atoms with Gasteiger partial charge < -0.3 is 5.32 Å². The average Bonchev–Trinajstić information content (AvgIpc) is 2.49. The second-order valence-electron chi connectivity index (χ2n) is 6.41. The minimum absolute atomic E-state index is 0.687. The molecule has 1 heterocycles. The maximum atomic E-state index is 3.59. The van der Waals surface area contributed by atoms with Crippen molar-refractivity contribution in [3.63, 3.8) is 0 Å². The molecule has 0 spiro atoms. The van der Waals surface area contributed by atoms with Gasteiger partial charge in [-0.2, -0.15) is 0 Å². The van der Waals surface area contributed by atoms with Crippen LogP contribution in [0.25, 0.3) is 0 Å². The van der Waals surface area contributed by atoms with E-state index in [2.05, 4.69) is 67.7 Å². The largest absolute Gasteiger partial charge is 0.316 e. The molecule has 1 heteroatoms. The molecule has 1 aliphatic rings.